The van der Waals surface area contributed by atoms with Gasteiger partial charge in [0.05, 0.1) is 13.2 Å². The number of hydrogen-bond donors (Lipinski definition) is 0. The van der Waals surface area contributed by atoms with Crippen LogP contribution in [0.2, 0.25) is 0 Å². The van der Waals surface area contributed by atoms with Crippen LogP contribution >= 0.6 is 15.9 Å². The quantitative estimate of drug-likeness (QED) is 0.790. The van der Waals surface area contributed by atoms with E-state index in [2.05, 4.69) is 15.9 Å². The lowest BCUT2D eigenvalue weighted by molar-refractivity contribution is -0.126. The maximum Gasteiger partial charge on any atom is 0.227 e. The molecule has 0 unspecified atom stereocenters. The predicted octanol–water partition coefficient (Wildman–Crippen LogP) is 2.20. The van der Waals surface area contributed by atoms with Crippen molar-refractivity contribution >= 4 is 27.5 Å². The Labute approximate surface area is 103 Å². The van der Waals surface area contributed by atoms with Crippen LogP contribution in [-0.2, 0) is 9.53 Å². The van der Waals surface area contributed by atoms with Gasteiger partial charge in [0.15, 0.2) is 0 Å². The minimum Gasteiger partial charge on any atom is -0.380 e. The van der Waals surface area contributed by atoms with E-state index in [1.165, 1.54) is 0 Å². The minimum absolute atomic E-state index is 0.101. The second kappa shape index (κ2) is 3.57. The monoisotopic (exact) mass is 281 g/mol. The van der Waals surface area contributed by atoms with E-state index in [9.17, 15) is 4.79 Å². The third-order valence-corrected chi connectivity index (χ3v) is 3.80. The fourth-order valence-corrected chi connectivity index (χ4v) is 2.60. The first-order chi connectivity index (χ1) is 7.69. The van der Waals surface area contributed by atoms with E-state index in [1.54, 1.807) is 0 Å². The smallest absolute Gasteiger partial charge is 0.227 e. The number of ether oxygens (including phenoxy) is 1. The van der Waals surface area contributed by atoms with Gasteiger partial charge < -0.3 is 9.64 Å². The van der Waals surface area contributed by atoms with Crippen molar-refractivity contribution in [1.29, 1.82) is 0 Å². The molecule has 1 amide bonds. The average Bonchev–Trinajstić information content (AvgIpc) is 2.57. The summed E-state index contributed by atoms with van der Waals surface area (Å²) < 4.78 is 6.26. The molecule has 16 heavy (non-hydrogen) atoms. The molecule has 0 radical (unpaired) electrons. The first-order valence-electron chi connectivity index (χ1n) is 5.32. The number of halogens is 1. The van der Waals surface area contributed by atoms with E-state index in [-0.39, 0.29) is 11.3 Å². The van der Waals surface area contributed by atoms with E-state index < -0.39 is 0 Å². The molecule has 3 nitrogen and oxygen atoms in total. The molecule has 2 saturated heterocycles. The highest BCUT2D eigenvalue weighted by Crippen LogP contribution is 2.40. The van der Waals surface area contributed by atoms with Gasteiger partial charge in [0.1, 0.15) is 0 Å². The van der Waals surface area contributed by atoms with Crippen LogP contribution in [0.15, 0.2) is 28.7 Å². The van der Waals surface area contributed by atoms with Gasteiger partial charge in [-0.1, -0.05) is 15.9 Å². The Morgan fingerprint density at radius 1 is 1.25 bits per heavy atom. The predicted molar refractivity (Wildman–Crippen MR) is 64.4 cm³/mol. The summed E-state index contributed by atoms with van der Waals surface area (Å²) >= 11 is 3.39. The number of rotatable bonds is 1. The molecule has 84 valence electrons. The van der Waals surface area contributed by atoms with Gasteiger partial charge in [0.2, 0.25) is 5.91 Å². The number of nitrogens with zero attached hydrogens (tertiary/aromatic N) is 1. The Morgan fingerprint density at radius 2 is 1.94 bits per heavy atom. The van der Waals surface area contributed by atoms with Crippen LogP contribution in [0, 0.1) is 5.41 Å². The highest BCUT2D eigenvalue weighted by molar-refractivity contribution is 9.10. The molecule has 0 aromatic heterocycles. The summed E-state index contributed by atoms with van der Waals surface area (Å²) in [4.78, 5) is 13.8. The van der Waals surface area contributed by atoms with E-state index in [1.807, 2.05) is 29.2 Å². The highest BCUT2D eigenvalue weighted by atomic mass is 79.9. The zero-order valence-electron chi connectivity index (χ0n) is 8.78. The molecular formula is C12H12BrNO2. The van der Waals surface area contributed by atoms with Crippen LogP contribution in [0.5, 0.6) is 0 Å². The second-order valence-corrected chi connectivity index (χ2v) is 5.54. The van der Waals surface area contributed by atoms with Gasteiger partial charge in [-0.25, -0.2) is 0 Å². The van der Waals surface area contributed by atoms with Crippen molar-refractivity contribution in [2.45, 2.75) is 6.42 Å². The van der Waals surface area contributed by atoms with Crippen LogP contribution in [0.25, 0.3) is 0 Å². The molecule has 1 aromatic rings. The topological polar surface area (TPSA) is 29.5 Å². The summed E-state index contributed by atoms with van der Waals surface area (Å²) in [5.41, 5.74) is 1.08. The summed E-state index contributed by atoms with van der Waals surface area (Å²) in [5.74, 6) is 0.214. The zero-order chi connectivity index (χ0) is 11.2. The molecule has 1 aromatic carbocycles. The fourth-order valence-electron chi connectivity index (χ4n) is 2.34. The van der Waals surface area contributed by atoms with Gasteiger partial charge in [-0.15, -0.1) is 0 Å². The Bertz CT molecular complexity index is 425. The van der Waals surface area contributed by atoms with Crippen LogP contribution < -0.4 is 4.90 Å². The molecule has 0 saturated carbocycles. The van der Waals surface area contributed by atoms with Crippen molar-refractivity contribution < 1.29 is 9.53 Å². The normalized spacial score (nSPS) is 22.6. The average molecular weight is 282 g/mol. The number of anilines is 1. The second-order valence-electron chi connectivity index (χ2n) is 4.63. The van der Waals surface area contributed by atoms with Crippen LogP contribution in [0.3, 0.4) is 0 Å². The zero-order valence-corrected chi connectivity index (χ0v) is 10.4. The number of carbonyl (C=O) groups is 1. The third kappa shape index (κ3) is 1.57. The van der Waals surface area contributed by atoms with Gasteiger partial charge >= 0.3 is 0 Å². The van der Waals surface area contributed by atoms with E-state index in [0.29, 0.717) is 6.42 Å². The van der Waals surface area contributed by atoms with E-state index in [4.69, 9.17) is 4.74 Å². The van der Waals surface area contributed by atoms with Gasteiger partial charge in [-0.3, -0.25) is 4.79 Å². The molecule has 4 heteroatoms. The molecule has 0 N–H and O–H groups in total. The molecule has 2 heterocycles. The molecule has 0 bridgehead atoms. The maximum absolute atomic E-state index is 11.9. The Hall–Kier alpha value is -0.870. The summed E-state index contributed by atoms with van der Waals surface area (Å²) in [6.07, 6.45) is 0.628. The molecule has 3 rings (SSSR count). The molecule has 2 aliphatic heterocycles. The summed E-state index contributed by atoms with van der Waals surface area (Å²) in [5, 5.41) is 0. The van der Waals surface area contributed by atoms with Crippen molar-refractivity contribution in [3.8, 4) is 0 Å². The Morgan fingerprint density at radius 3 is 2.44 bits per heavy atom. The number of amides is 1. The first kappa shape index (κ1) is 10.3. The van der Waals surface area contributed by atoms with Crippen LogP contribution in [-0.4, -0.2) is 25.7 Å². The lowest BCUT2D eigenvalue weighted by Crippen LogP contribution is -2.44. The standard InChI is InChI=1S/C12H12BrNO2/c13-9-1-3-10(4-2-9)14-6-12(5-11(14)15)7-16-8-12/h1-4H,5-8H2. The van der Waals surface area contributed by atoms with Crippen LogP contribution in [0.4, 0.5) is 5.69 Å². The van der Waals surface area contributed by atoms with Crippen molar-refractivity contribution in [1.82, 2.24) is 0 Å². The molecule has 0 aliphatic carbocycles. The van der Waals surface area contributed by atoms with Gasteiger partial charge in [0, 0.05) is 28.5 Å². The lowest BCUT2D eigenvalue weighted by atomic mass is 9.85. The number of carbonyl (C=O) groups excluding carboxylic acids is 1. The maximum atomic E-state index is 11.9. The molecule has 2 fully saturated rings. The van der Waals surface area contributed by atoms with Crippen molar-refractivity contribution in [3.05, 3.63) is 28.7 Å². The van der Waals surface area contributed by atoms with Crippen molar-refractivity contribution in [2.75, 3.05) is 24.7 Å². The van der Waals surface area contributed by atoms with Gasteiger partial charge in [-0.05, 0) is 24.3 Å². The van der Waals surface area contributed by atoms with Crippen molar-refractivity contribution in [3.63, 3.8) is 0 Å². The minimum atomic E-state index is 0.101. The Kier molecular flexibility index (Phi) is 2.30. The lowest BCUT2D eigenvalue weighted by Gasteiger charge is -2.36. The SMILES string of the molecule is O=C1CC2(COC2)CN1c1ccc(Br)cc1. The van der Waals surface area contributed by atoms with Gasteiger partial charge in [0.25, 0.3) is 0 Å². The van der Waals surface area contributed by atoms with E-state index >= 15 is 0 Å². The largest absolute Gasteiger partial charge is 0.380 e. The number of benzene rings is 1. The molecule has 2 aliphatic rings. The highest BCUT2D eigenvalue weighted by Gasteiger charge is 2.48. The number of hydrogen-bond acceptors (Lipinski definition) is 2. The third-order valence-electron chi connectivity index (χ3n) is 3.28. The van der Waals surface area contributed by atoms with Gasteiger partial charge in [-0.2, -0.15) is 0 Å². The first-order valence-corrected chi connectivity index (χ1v) is 6.12. The molecular weight excluding hydrogens is 270 g/mol. The summed E-state index contributed by atoms with van der Waals surface area (Å²) in [6.45, 7) is 2.25. The fraction of sp³-hybridized carbons (Fsp3) is 0.417. The van der Waals surface area contributed by atoms with Crippen LogP contribution in [0.1, 0.15) is 6.42 Å². The summed E-state index contributed by atoms with van der Waals surface area (Å²) in [6, 6.07) is 7.87. The molecule has 0 atom stereocenters. The Balaban J connectivity index is 1.85. The molecule has 1 spiro atoms. The van der Waals surface area contributed by atoms with Crippen molar-refractivity contribution in [2.24, 2.45) is 5.41 Å². The van der Waals surface area contributed by atoms with E-state index in [0.717, 1.165) is 29.9 Å². The summed E-state index contributed by atoms with van der Waals surface area (Å²) in [7, 11) is 0.